The largest absolute Gasteiger partial charge is 0.292 e. The Hall–Kier alpha value is -1.58. The standard InChI is InChI=1S/C8H6N2O2/c11-6-3-1-2-5-8(6)9-4-7(12)10-5/h1-2H,3-4H2. The molecule has 0 radical (unpaired) electrons. The van der Waals surface area contributed by atoms with Crippen LogP contribution >= 0.6 is 0 Å². The summed E-state index contributed by atoms with van der Waals surface area (Å²) in [6.45, 7) is 0.0123. The number of fused-ring (bicyclic) bond motifs is 1. The van der Waals surface area contributed by atoms with Gasteiger partial charge in [0, 0.05) is 6.42 Å². The molecule has 4 heteroatoms. The number of carbonyl (C=O) groups is 2. The molecule has 0 aromatic carbocycles. The van der Waals surface area contributed by atoms with Crippen LogP contribution in [0, 0.1) is 0 Å². The van der Waals surface area contributed by atoms with Crippen LogP contribution in [0.3, 0.4) is 0 Å². The number of allylic oxidation sites excluding steroid dienone is 2. The monoisotopic (exact) mass is 162 g/mol. The van der Waals surface area contributed by atoms with Gasteiger partial charge in [0.2, 0.25) is 0 Å². The molecule has 60 valence electrons. The van der Waals surface area contributed by atoms with Crippen LogP contribution in [0.15, 0.2) is 22.1 Å². The van der Waals surface area contributed by atoms with Crippen molar-refractivity contribution in [1.82, 2.24) is 0 Å². The highest BCUT2D eigenvalue weighted by Gasteiger charge is 2.22. The number of hydrogen-bond acceptors (Lipinski definition) is 3. The van der Waals surface area contributed by atoms with Crippen molar-refractivity contribution in [2.75, 3.05) is 6.54 Å². The zero-order chi connectivity index (χ0) is 8.55. The molecule has 4 nitrogen and oxygen atoms in total. The fraction of sp³-hybridized carbons (Fsp3) is 0.250. The summed E-state index contributed by atoms with van der Waals surface area (Å²) in [5, 5.41) is 0. The summed E-state index contributed by atoms with van der Waals surface area (Å²) in [6.07, 6.45) is 3.72. The van der Waals surface area contributed by atoms with Crippen molar-refractivity contribution in [2.45, 2.75) is 6.42 Å². The van der Waals surface area contributed by atoms with Crippen LogP contribution in [-0.4, -0.2) is 29.7 Å². The second-order valence-corrected chi connectivity index (χ2v) is 2.59. The molecule has 1 aliphatic heterocycles. The van der Waals surface area contributed by atoms with E-state index in [2.05, 4.69) is 9.98 Å². The summed E-state index contributed by atoms with van der Waals surface area (Å²) in [7, 11) is 0. The van der Waals surface area contributed by atoms with Crippen molar-refractivity contribution in [3.63, 3.8) is 0 Å². The normalized spacial score (nSPS) is 21.7. The Morgan fingerprint density at radius 1 is 1.33 bits per heavy atom. The van der Waals surface area contributed by atoms with E-state index in [0.29, 0.717) is 17.8 Å². The minimum absolute atomic E-state index is 0.0123. The molecule has 2 rings (SSSR count). The van der Waals surface area contributed by atoms with E-state index in [4.69, 9.17) is 0 Å². The first-order chi connectivity index (χ1) is 5.77. The zero-order valence-corrected chi connectivity index (χ0v) is 6.28. The van der Waals surface area contributed by atoms with Crippen molar-refractivity contribution in [2.24, 2.45) is 9.98 Å². The lowest BCUT2D eigenvalue weighted by molar-refractivity contribution is -0.116. The van der Waals surface area contributed by atoms with E-state index in [1.807, 2.05) is 0 Å². The van der Waals surface area contributed by atoms with E-state index >= 15 is 0 Å². The summed E-state index contributed by atoms with van der Waals surface area (Å²) >= 11 is 0. The van der Waals surface area contributed by atoms with Gasteiger partial charge in [0.1, 0.15) is 12.3 Å². The smallest absolute Gasteiger partial charge is 0.267 e. The highest BCUT2D eigenvalue weighted by atomic mass is 16.1. The van der Waals surface area contributed by atoms with Gasteiger partial charge in [-0.1, -0.05) is 6.08 Å². The molecule has 0 aromatic rings. The number of nitrogens with zero attached hydrogens (tertiary/aromatic N) is 2. The molecule has 0 unspecified atom stereocenters. The number of hydrogen-bond donors (Lipinski definition) is 0. The van der Waals surface area contributed by atoms with Crippen LogP contribution in [0.2, 0.25) is 0 Å². The third-order valence-corrected chi connectivity index (χ3v) is 1.70. The highest BCUT2D eigenvalue weighted by Crippen LogP contribution is 2.06. The van der Waals surface area contributed by atoms with Gasteiger partial charge in [0.25, 0.3) is 5.91 Å². The summed E-state index contributed by atoms with van der Waals surface area (Å²) in [5.41, 5.74) is 0.777. The summed E-state index contributed by atoms with van der Waals surface area (Å²) in [6, 6.07) is 0. The Bertz CT molecular complexity index is 350. The Morgan fingerprint density at radius 3 is 3.00 bits per heavy atom. The average molecular weight is 162 g/mol. The molecule has 0 aromatic heterocycles. The maximum Gasteiger partial charge on any atom is 0.267 e. The van der Waals surface area contributed by atoms with E-state index < -0.39 is 0 Å². The van der Waals surface area contributed by atoms with Crippen molar-refractivity contribution in [3.05, 3.63) is 12.2 Å². The fourth-order valence-corrected chi connectivity index (χ4v) is 1.17. The van der Waals surface area contributed by atoms with Crippen LogP contribution in [0.25, 0.3) is 0 Å². The first-order valence-electron chi connectivity index (χ1n) is 3.63. The number of carbonyl (C=O) groups excluding carboxylic acids is 2. The molecular weight excluding hydrogens is 156 g/mol. The van der Waals surface area contributed by atoms with E-state index in [9.17, 15) is 9.59 Å². The third-order valence-electron chi connectivity index (χ3n) is 1.70. The molecule has 1 amide bonds. The summed E-state index contributed by atoms with van der Waals surface area (Å²) in [5.74, 6) is -0.336. The van der Waals surface area contributed by atoms with Crippen LogP contribution in [0.4, 0.5) is 0 Å². The molecule has 1 heterocycles. The van der Waals surface area contributed by atoms with Gasteiger partial charge in [-0.25, -0.2) is 4.99 Å². The minimum atomic E-state index is -0.284. The quantitative estimate of drug-likeness (QED) is 0.501. The topological polar surface area (TPSA) is 58.9 Å². The minimum Gasteiger partial charge on any atom is -0.292 e. The van der Waals surface area contributed by atoms with E-state index in [1.165, 1.54) is 0 Å². The lowest BCUT2D eigenvalue weighted by atomic mass is 10.0. The van der Waals surface area contributed by atoms with E-state index in [1.54, 1.807) is 12.2 Å². The van der Waals surface area contributed by atoms with Gasteiger partial charge < -0.3 is 0 Å². The Morgan fingerprint density at radius 2 is 2.17 bits per heavy atom. The molecule has 0 saturated carbocycles. The van der Waals surface area contributed by atoms with Crippen LogP contribution in [0.1, 0.15) is 6.42 Å². The summed E-state index contributed by atoms with van der Waals surface area (Å²) < 4.78 is 0. The molecule has 1 aliphatic carbocycles. The molecule has 0 spiro atoms. The Kier molecular flexibility index (Phi) is 1.46. The fourth-order valence-electron chi connectivity index (χ4n) is 1.17. The van der Waals surface area contributed by atoms with Crippen molar-refractivity contribution in [1.29, 1.82) is 0 Å². The van der Waals surface area contributed by atoms with Gasteiger partial charge in [-0.15, -0.1) is 0 Å². The third kappa shape index (κ3) is 1.01. The Labute approximate surface area is 68.7 Å². The number of aliphatic imine (C=N–C) groups is 2. The van der Waals surface area contributed by atoms with Crippen molar-refractivity contribution >= 4 is 23.1 Å². The lowest BCUT2D eigenvalue weighted by Gasteiger charge is -2.11. The maximum absolute atomic E-state index is 11.2. The van der Waals surface area contributed by atoms with Gasteiger partial charge in [0.05, 0.1) is 5.71 Å². The van der Waals surface area contributed by atoms with E-state index in [0.717, 1.165) is 0 Å². The second-order valence-electron chi connectivity index (χ2n) is 2.59. The number of Topliss-reactive ketones (excluding diaryl/α,β-unsaturated/α-hetero) is 1. The lowest BCUT2D eigenvalue weighted by Crippen LogP contribution is -2.30. The van der Waals surface area contributed by atoms with Crippen molar-refractivity contribution in [3.8, 4) is 0 Å². The van der Waals surface area contributed by atoms with Crippen LogP contribution in [-0.2, 0) is 9.59 Å². The van der Waals surface area contributed by atoms with Gasteiger partial charge in [0.15, 0.2) is 5.78 Å². The van der Waals surface area contributed by atoms with Gasteiger partial charge in [-0.3, -0.25) is 14.6 Å². The first kappa shape index (κ1) is 7.09. The highest BCUT2D eigenvalue weighted by molar-refractivity contribution is 6.71. The maximum atomic E-state index is 11.2. The number of ketones is 1. The zero-order valence-electron chi connectivity index (χ0n) is 6.28. The number of amides is 1. The molecule has 0 fully saturated rings. The summed E-state index contributed by atoms with van der Waals surface area (Å²) in [4.78, 5) is 29.5. The van der Waals surface area contributed by atoms with Gasteiger partial charge in [-0.05, 0) is 6.08 Å². The molecule has 2 aliphatic rings. The van der Waals surface area contributed by atoms with Gasteiger partial charge in [-0.2, -0.15) is 0 Å². The van der Waals surface area contributed by atoms with Crippen LogP contribution < -0.4 is 0 Å². The average Bonchev–Trinajstić information content (AvgIpc) is 2.04. The molecule has 0 bridgehead atoms. The van der Waals surface area contributed by atoms with E-state index in [-0.39, 0.29) is 18.2 Å². The van der Waals surface area contributed by atoms with Gasteiger partial charge >= 0.3 is 0 Å². The molecule has 0 N–H and O–H groups in total. The SMILES string of the molecule is O=C1CN=C2C(=O)CC=CC2=N1. The first-order valence-corrected chi connectivity index (χ1v) is 3.63. The second kappa shape index (κ2) is 2.48. The predicted octanol–water partition coefficient (Wildman–Crippen LogP) is -0.0624. The predicted molar refractivity (Wildman–Crippen MR) is 43.5 cm³/mol. The molecule has 0 atom stereocenters. The van der Waals surface area contributed by atoms with Crippen LogP contribution in [0.5, 0.6) is 0 Å². The van der Waals surface area contributed by atoms with Crippen molar-refractivity contribution < 1.29 is 9.59 Å². The Balaban J connectivity index is 2.47. The molecule has 12 heavy (non-hydrogen) atoms. The number of rotatable bonds is 0. The molecule has 0 saturated heterocycles. The molecular formula is C8H6N2O2.